The minimum absolute atomic E-state index is 0.190. The molecule has 11 heteroatoms. The van der Waals surface area contributed by atoms with Gasteiger partial charge in [-0.2, -0.15) is 18.2 Å². The Morgan fingerprint density at radius 3 is 2.53 bits per heavy atom. The van der Waals surface area contributed by atoms with Crippen LogP contribution in [0.1, 0.15) is 30.3 Å². The average Bonchev–Trinajstić information content (AvgIpc) is 3.32. The first-order valence-corrected chi connectivity index (χ1v) is 12.4. The molecule has 4 aromatic rings. The minimum Gasteiger partial charge on any atom is -0.352 e. The van der Waals surface area contributed by atoms with Crippen molar-refractivity contribution in [2.24, 2.45) is 0 Å². The van der Waals surface area contributed by atoms with Crippen LogP contribution in [0.4, 0.5) is 29.5 Å². The van der Waals surface area contributed by atoms with Gasteiger partial charge in [0.25, 0.3) is 5.71 Å². The number of aryl methyl sites for hydroxylation is 2. The Balaban J connectivity index is 1.43. The third-order valence-corrected chi connectivity index (χ3v) is 6.44. The van der Waals surface area contributed by atoms with Gasteiger partial charge in [-0.05, 0) is 43.2 Å². The van der Waals surface area contributed by atoms with Gasteiger partial charge in [-0.15, -0.1) is 0 Å². The van der Waals surface area contributed by atoms with Gasteiger partial charge in [-0.25, -0.2) is 9.78 Å². The predicted octanol–water partition coefficient (Wildman–Crippen LogP) is 5.92. The summed E-state index contributed by atoms with van der Waals surface area (Å²) in [6.45, 7) is 5.81. The molecule has 1 saturated heterocycles. The van der Waals surface area contributed by atoms with E-state index in [0.29, 0.717) is 49.6 Å². The van der Waals surface area contributed by atoms with Crippen molar-refractivity contribution in [3.05, 3.63) is 65.5 Å². The number of alkyl halides is 3. The SMILES string of the molecule is CCCc1nc(N2CCN(C(=O)Nc3cccc(C)c3)CC2)c2c(-c3cccc(C(F)(F)F)c3)noc2n1. The Bertz CT molecular complexity index is 1460. The van der Waals surface area contributed by atoms with Gasteiger partial charge in [-0.1, -0.05) is 36.3 Å². The Kier molecular flexibility index (Phi) is 6.92. The van der Waals surface area contributed by atoms with Gasteiger partial charge in [0.15, 0.2) is 0 Å². The zero-order valence-electron chi connectivity index (χ0n) is 21.0. The lowest BCUT2D eigenvalue weighted by Crippen LogP contribution is -2.50. The van der Waals surface area contributed by atoms with Crippen molar-refractivity contribution >= 4 is 28.6 Å². The summed E-state index contributed by atoms with van der Waals surface area (Å²) in [6, 6.07) is 12.4. The van der Waals surface area contributed by atoms with Crippen LogP contribution >= 0.6 is 0 Å². The molecule has 1 fully saturated rings. The second-order valence-corrected chi connectivity index (χ2v) is 9.28. The number of aromatic nitrogens is 3. The standard InChI is InChI=1S/C27H27F3N6O2/c1-3-6-21-32-24(35-11-13-36(14-12-35)26(37)31-20-10-4-7-17(2)15-20)22-23(34-38-25(22)33-21)18-8-5-9-19(16-18)27(28,29)30/h4-5,7-10,15-16H,3,6,11-14H2,1-2H3,(H,31,37). The number of urea groups is 1. The molecule has 2 aromatic heterocycles. The Labute approximate surface area is 217 Å². The molecule has 1 aliphatic rings. The molecule has 0 bridgehead atoms. The maximum Gasteiger partial charge on any atom is 0.416 e. The van der Waals surface area contributed by atoms with Crippen molar-refractivity contribution in [1.29, 1.82) is 0 Å². The van der Waals surface area contributed by atoms with E-state index in [4.69, 9.17) is 9.51 Å². The van der Waals surface area contributed by atoms with Gasteiger partial charge in [0.2, 0.25) is 0 Å². The number of fused-ring (bicyclic) bond motifs is 1. The van der Waals surface area contributed by atoms with E-state index in [1.165, 1.54) is 6.07 Å². The van der Waals surface area contributed by atoms with Crippen LogP contribution in [-0.4, -0.2) is 52.2 Å². The number of carbonyl (C=O) groups excluding carboxylic acids is 1. The van der Waals surface area contributed by atoms with E-state index in [0.717, 1.165) is 29.8 Å². The molecule has 1 aliphatic heterocycles. The van der Waals surface area contributed by atoms with Gasteiger partial charge in [0.05, 0.1) is 5.56 Å². The van der Waals surface area contributed by atoms with Gasteiger partial charge in [0, 0.05) is 43.9 Å². The number of rotatable bonds is 5. The van der Waals surface area contributed by atoms with Crippen LogP contribution in [0.5, 0.6) is 0 Å². The normalized spacial score (nSPS) is 14.2. The van der Waals surface area contributed by atoms with Crippen molar-refractivity contribution in [2.45, 2.75) is 32.9 Å². The van der Waals surface area contributed by atoms with Crippen LogP contribution in [0, 0.1) is 6.92 Å². The van der Waals surface area contributed by atoms with Crippen LogP contribution in [0.15, 0.2) is 53.1 Å². The van der Waals surface area contributed by atoms with E-state index < -0.39 is 11.7 Å². The zero-order valence-corrected chi connectivity index (χ0v) is 21.0. The molecule has 8 nitrogen and oxygen atoms in total. The van der Waals surface area contributed by atoms with E-state index >= 15 is 0 Å². The average molecular weight is 525 g/mol. The van der Waals surface area contributed by atoms with Crippen molar-refractivity contribution in [2.75, 3.05) is 36.4 Å². The monoisotopic (exact) mass is 524 g/mol. The van der Waals surface area contributed by atoms with Crippen LogP contribution in [0.25, 0.3) is 22.4 Å². The molecule has 0 radical (unpaired) electrons. The summed E-state index contributed by atoms with van der Waals surface area (Å²) in [5.41, 5.74) is 1.75. The molecule has 2 amide bonds. The number of piperazine rings is 1. The quantitative estimate of drug-likeness (QED) is 0.349. The third kappa shape index (κ3) is 5.27. The highest BCUT2D eigenvalue weighted by molar-refractivity contribution is 5.98. The number of amides is 2. The molecule has 5 rings (SSSR count). The van der Waals surface area contributed by atoms with E-state index in [2.05, 4.69) is 15.5 Å². The van der Waals surface area contributed by atoms with Crippen molar-refractivity contribution in [3.8, 4) is 11.3 Å². The number of benzene rings is 2. The molecule has 0 saturated carbocycles. The summed E-state index contributed by atoms with van der Waals surface area (Å²) in [6.07, 6.45) is -3.06. The number of carbonyl (C=O) groups is 1. The lowest BCUT2D eigenvalue weighted by Gasteiger charge is -2.35. The first kappa shape index (κ1) is 25.5. The molecule has 0 aliphatic carbocycles. The summed E-state index contributed by atoms with van der Waals surface area (Å²) in [4.78, 5) is 25.8. The molecule has 38 heavy (non-hydrogen) atoms. The Morgan fingerprint density at radius 2 is 1.82 bits per heavy atom. The van der Waals surface area contributed by atoms with E-state index in [1.807, 2.05) is 43.0 Å². The highest BCUT2D eigenvalue weighted by Crippen LogP contribution is 2.37. The molecule has 198 valence electrons. The van der Waals surface area contributed by atoms with Crippen molar-refractivity contribution < 1.29 is 22.5 Å². The molecule has 0 unspecified atom stereocenters. The van der Waals surface area contributed by atoms with Gasteiger partial charge < -0.3 is 19.6 Å². The summed E-state index contributed by atoms with van der Waals surface area (Å²) in [5.74, 6) is 1.12. The highest BCUT2D eigenvalue weighted by atomic mass is 19.4. The number of nitrogens with zero attached hydrogens (tertiary/aromatic N) is 5. The minimum atomic E-state index is -4.49. The fourth-order valence-electron chi connectivity index (χ4n) is 4.53. The van der Waals surface area contributed by atoms with E-state index in [-0.39, 0.29) is 23.0 Å². The number of anilines is 2. The lowest BCUT2D eigenvalue weighted by atomic mass is 10.1. The van der Waals surface area contributed by atoms with Gasteiger partial charge >= 0.3 is 12.2 Å². The summed E-state index contributed by atoms with van der Waals surface area (Å²) >= 11 is 0. The zero-order chi connectivity index (χ0) is 26.9. The first-order valence-electron chi connectivity index (χ1n) is 12.4. The van der Waals surface area contributed by atoms with Crippen LogP contribution in [0.3, 0.4) is 0 Å². The second kappa shape index (κ2) is 10.3. The molecule has 0 spiro atoms. The molecule has 1 N–H and O–H groups in total. The largest absolute Gasteiger partial charge is 0.416 e. The van der Waals surface area contributed by atoms with Crippen LogP contribution in [-0.2, 0) is 12.6 Å². The van der Waals surface area contributed by atoms with Crippen LogP contribution < -0.4 is 10.2 Å². The number of hydrogen-bond acceptors (Lipinski definition) is 6. The predicted molar refractivity (Wildman–Crippen MR) is 138 cm³/mol. The second-order valence-electron chi connectivity index (χ2n) is 9.28. The summed E-state index contributed by atoms with van der Waals surface area (Å²) < 4.78 is 45.6. The number of nitrogens with one attached hydrogen (secondary N) is 1. The smallest absolute Gasteiger partial charge is 0.352 e. The van der Waals surface area contributed by atoms with E-state index in [1.54, 1.807) is 11.0 Å². The molecular weight excluding hydrogens is 497 g/mol. The number of hydrogen-bond donors (Lipinski definition) is 1. The first-order chi connectivity index (χ1) is 18.2. The van der Waals surface area contributed by atoms with Gasteiger partial charge in [0.1, 0.15) is 22.7 Å². The fourth-order valence-corrected chi connectivity index (χ4v) is 4.53. The lowest BCUT2D eigenvalue weighted by molar-refractivity contribution is -0.137. The molecule has 3 heterocycles. The van der Waals surface area contributed by atoms with Crippen molar-refractivity contribution in [1.82, 2.24) is 20.0 Å². The third-order valence-electron chi connectivity index (χ3n) is 6.44. The number of halogens is 3. The topological polar surface area (TPSA) is 87.4 Å². The Morgan fingerprint density at radius 1 is 1.05 bits per heavy atom. The molecule has 0 atom stereocenters. The highest BCUT2D eigenvalue weighted by Gasteiger charge is 2.32. The van der Waals surface area contributed by atoms with Crippen molar-refractivity contribution in [3.63, 3.8) is 0 Å². The van der Waals surface area contributed by atoms with Gasteiger partial charge in [-0.3, -0.25) is 0 Å². The maximum atomic E-state index is 13.4. The van der Waals surface area contributed by atoms with Crippen LogP contribution in [0.2, 0.25) is 0 Å². The fraction of sp³-hybridized carbons (Fsp3) is 0.333. The molecule has 2 aromatic carbocycles. The summed E-state index contributed by atoms with van der Waals surface area (Å²) in [7, 11) is 0. The maximum absolute atomic E-state index is 13.4. The summed E-state index contributed by atoms with van der Waals surface area (Å²) in [5, 5.41) is 7.49. The molecular formula is C27H27F3N6O2. The van der Waals surface area contributed by atoms with E-state index in [9.17, 15) is 18.0 Å². The Hall–Kier alpha value is -4.15.